The summed E-state index contributed by atoms with van der Waals surface area (Å²) in [7, 11) is 3.18. The monoisotopic (exact) mass is 452 g/mol. The van der Waals surface area contributed by atoms with Crippen LogP contribution in [0.1, 0.15) is 21.5 Å². The largest absolute Gasteiger partial charge is 0.497 e. The fourth-order valence-electron chi connectivity index (χ4n) is 2.73. The van der Waals surface area contributed by atoms with E-state index in [9.17, 15) is 4.79 Å². The Bertz CT molecular complexity index is 995. The maximum absolute atomic E-state index is 12.4. The van der Waals surface area contributed by atoms with Crippen molar-refractivity contribution in [2.24, 2.45) is 0 Å². The van der Waals surface area contributed by atoms with Gasteiger partial charge in [-0.05, 0) is 69.5 Å². The number of benzene rings is 3. The summed E-state index contributed by atoms with van der Waals surface area (Å²) in [5.41, 5.74) is 2.48. The molecule has 0 bridgehead atoms. The highest BCUT2D eigenvalue weighted by atomic mass is 79.9. The van der Waals surface area contributed by atoms with Crippen molar-refractivity contribution in [2.45, 2.75) is 6.61 Å². The van der Waals surface area contributed by atoms with Gasteiger partial charge in [0.15, 0.2) is 17.3 Å². The second-order valence-corrected chi connectivity index (χ2v) is 7.09. The third-order valence-electron chi connectivity index (χ3n) is 4.28. The van der Waals surface area contributed by atoms with Gasteiger partial charge in [-0.1, -0.05) is 36.4 Å². The molecule has 3 rings (SSSR count). The van der Waals surface area contributed by atoms with Crippen molar-refractivity contribution in [3.8, 4) is 17.2 Å². The van der Waals surface area contributed by atoms with E-state index in [1.54, 1.807) is 44.6 Å². The molecule has 4 nitrogen and oxygen atoms in total. The summed E-state index contributed by atoms with van der Waals surface area (Å²) in [6, 6.07) is 20.6. The first-order valence-corrected chi connectivity index (χ1v) is 9.80. The lowest BCUT2D eigenvalue weighted by atomic mass is 10.1. The van der Waals surface area contributed by atoms with Crippen LogP contribution in [0.5, 0.6) is 17.2 Å². The SMILES string of the molecule is COc1ccc(C(=O)/C=C/c2cc(Br)c(OCc3ccccc3)c(OC)c2)cc1. The van der Waals surface area contributed by atoms with Gasteiger partial charge in [0.05, 0.1) is 18.7 Å². The van der Waals surface area contributed by atoms with Gasteiger partial charge in [0.2, 0.25) is 0 Å². The molecule has 0 N–H and O–H groups in total. The number of hydrogen-bond donors (Lipinski definition) is 0. The number of ether oxygens (including phenoxy) is 3. The Labute approximate surface area is 178 Å². The number of hydrogen-bond acceptors (Lipinski definition) is 4. The molecule has 0 heterocycles. The van der Waals surface area contributed by atoms with E-state index in [4.69, 9.17) is 14.2 Å². The zero-order valence-corrected chi connectivity index (χ0v) is 17.8. The van der Waals surface area contributed by atoms with E-state index in [1.807, 2.05) is 42.5 Å². The predicted octanol–water partition coefficient (Wildman–Crippen LogP) is 5.94. The Kier molecular flexibility index (Phi) is 7.09. The first kappa shape index (κ1) is 20.7. The molecule has 29 heavy (non-hydrogen) atoms. The van der Waals surface area contributed by atoms with Crippen molar-refractivity contribution >= 4 is 27.8 Å². The van der Waals surface area contributed by atoms with Crippen LogP contribution in [0.15, 0.2) is 77.3 Å². The zero-order valence-electron chi connectivity index (χ0n) is 16.2. The number of carbonyl (C=O) groups is 1. The molecule has 3 aromatic carbocycles. The first-order chi connectivity index (χ1) is 14.1. The molecule has 5 heteroatoms. The summed E-state index contributed by atoms with van der Waals surface area (Å²) in [6.45, 7) is 0.431. The fourth-order valence-corrected chi connectivity index (χ4v) is 3.30. The first-order valence-electron chi connectivity index (χ1n) is 9.01. The van der Waals surface area contributed by atoms with E-state index in [1.165, 1.54) is 6.08 Å². The second-order valence-electron chi connectivity index (χ2n) is 6.23. The maximum atomic E-state index is 12.4. The molecule has 0 aliphatic carbocycles. The Balaban J connectivity index is 1.75. The lowest BCUT2D eigenvalue weighted by Crippen LogP contribution is -1.99. The van der Waals surface area contributed by atoms with Gasteiger partial charge in [-0.2, -0.15) is 0 Å². The van der Waals surface area contributed by atoms with Crippen LogP contribution < -0.4 is 14.2 Å². The molecule has 0 aromatic heterocycles. The molecule has 0 aliphatic rings. The maximum Gasteiger partial charge on any atom is 0.185 e. The standard InChI is InChI=1S/C24H21BrO4/c1-27-20-11-9-19(10-12-20)22(26)13-8-18-14-21(25)24(23(15-18)28-2)29-16-17-6-4-3-5-7-17/h3-15H,16H2,1-2H3/b13-8+. The van der Waals surface area contributed by atoms with E-state index < -0.39 is 0 Å². The minimum absolute atomic E-state index is 0.0906. The van der Waals surface area contributed by atoms with Gasteiger partial charge in [-0.3, -0.25) is 4.79 Å². The molecule has 0 saturated heterocycles. The van der Waals surface area contributed by atoms with Gasteiger partial charge in [0.25, 0.3) is 0 Å². The predicted molar refractivity (Wildman–Crippen MR) is 118 cm³/mol. The minimum atomic E-state index is -0.0906. The van der Waals surface area contributed by atoms with Crippen molar-refractivity contribution in [1.82, 2.24) is 0 Å². The van der Waals surface area contributed by atoms with Gasteiger partial charge in [-0.15, -0.1) is 0 Å². The van der Waals surface area contributed by atoms with Gasteiger partial charge < -0.3 is 14.2 Å². The van der Waals surface area contributed by atoms with E-state index in [-0.39, 0.29) is 5.78 Å². The topological polar surface area (TPSA) is 44.8 Å². The van der Waals surface area contributed by atoms with Gasteiger partial charge in [0.1, 0.15) is 12.4 Å². The smallest absolute Gasteiger partial charge is 0.185 e. The average molecular weight is 453 g/mol. The zero-order chi connectivity index (χ0) is 20.6. The summed E-state index contributed by atoms with van der Waals surface area (Å²) in [4.78, 5) is 12.4. The molecule has 0 aliphatic heterocycles. The molecule has 148 valence electrons. The highest BCUT2D eigenvalue weighted by molar-refractivity contribution is 9.10. The molecule has 0 saturated carbocycles. The van der Waals surface area contributed by atoms with Gasteiger partial charge in [-0.25, -0.2) is 0 Å². The van der Waals surface area contributed by atoms with Crippen LogP contribution in [0, 0.1) is 0 Å². The van der Waals surface area contributed by atoms with Crippen molar-refractivity contribution < 1.29 is 19.0 Å². The molecule has 0 atom stereocenters. The molecular formula is C24H21BrO4. The summed E-state index contributed by atoms with van der Waals surface area (Å²) in [5.74, 6) is 1.83. The summed E-state index contributed by atoms with van der Waals surface area (Å²) < 4.78 is 17.3. The molecule has 0 amide bonds. The number of carbonyl (C=O) groups excluding carboxylic acids is 1. The van der Waals surface area contributed by atoms with Crippen molar-refractivity contribution in [1.29, 1.82) is 0 Å². The fraction of sp³-hybridized carbons (Fsp3) is 0.125. The normalized spacial score (nSPS) is 10.7. The summed E-state index contributed by atoms with van der Waals surface area (Å²) in [5, 5.41) is 0. The van der Waals surface area contributed by atoms with Crippen LogP contribution in [0.2, 0.25) is 0 Å². The molecule has 0 unspecified atom stereocenters. The van der Waals surface area contributed by atoms with E-state index >= 15 is 0 Å². The molecular weight excluding hydrogens is 432 g/mol. The Morgan fingerprint density at radius 3 is 2.34 bits per heavy atom. The van der Waals surface area contributed by atoms with Crippen molar-refractivity contribution in [3.63, 3.8) is 0 Å². The van der Waals surface area contributed by atoms with Gasteiger partial charge in [0, 0.05) is 5.56 Å². The molecule has 0 fully saturated rings. The third kappa shape index (κ3) is 5.48. The third-order valence-corrected chi connectivity index (χ3v) is 4.87. The van der Waals surface area contributed by atoms with Crippen LogP contribution in [0.25, 0.3) is 6.08 Å². The van der Waals surface area contributed by atoms with Gasteiger partial charge >= 0.3 is 0 Å². The number of allylic oxidation sites excluding steroid dienone is 1. The highest BCUT2D eigenvalue weighted by Gasteiger charge is 2.11. The van der Waals surface area contributed by atoms with Crippen LogP contribution in [0.3, 0.4) is 0 Å². The van der Waals surface area contributed by atoms with E-state index in [0.717, 1.165) is 15.6 Å². The van der Waals surface area contributed by atoms with Crippen LogP contribution in [-0.2, 0) is 6.61 Å². The van der Waals surface area contributed by atoms with E-state index in [2.05, 4.69) is 15.9 Å². The molecule has 0 spiro atoms. The molecule has 3 aromatic rings. The summed E-state index contributed by atoms with van der Waals surface area (Å²) >= 11 is 3.54. The number of halogens is 1. The van der Waals surface area contributed by atoms with Crippen molar-refractivity contribution in [2.75, 3.05) is 14.2 Å². The minimum Gasteiger partial charge on any atom is -0.497 e. The second kappa shape index (κ2) is 9.94. The lowest BCUT2D eigenvalue weighted by Gasteiger charge is -2.13. The Morgan fingerprint density at radius 2 is 1.69 bits per heavy atom. The molecule has 0 radical (unpaired) electrons. The Morgan fingerprint density at radius 1 is 0.966 bits per heavy atom. The number of methoxy groups -OCH3 is 2. The average Bonchev–Trinajstić information content (AvgIpc) is 2.77. The number of ketones is 1. The highest BCUT2D eigenvalue weighted by Crippen LogP contribution is 2.37. The van der Waals surface area contributed by atoms with E-state index in [0.29, 0.717) is 29.4 Å². The Hall–Kier alpha value is -3.05. The van der Waals surface area contributed by atoms with Crippen molar-refractivity contribution in [3.05, 3.63) is 94.0 Å². The lowest BCUT2D eigenvalue weighted by molar-refractivity contribution is 0.104. The number of rotatable bonds is 8. The van der Waals surface area contributed by atoms with Crippen LogP contribution in [-0.4, -0.2) is 20.0 Å². The van der Waals surface area contributed by atoms with Crippen LogP contribution >= 0.6 is 15.9 Å². The van der Waals surface area contributed by atoms with Crippen LogP contribution in [0.4, 0.5) is 0 Å². The summed E-state index contributed by atoms with van der Waals surface area (Å²) in [6.07, 6.45) is 3.29. The quantitative estimate of drug-likeness (QED) is 0.313.